The summed E-state index contributed by atoms with van der Waals surface area (Å²) in [6.07, 6.45) is 3.61. The molecule has 2 aromatic carbocycles. The lowest BCUT2D eigenvalue weighted by molar-refractivity contribution is 0.0955. The molecule has 3 heteroatoms. The summed E-state index contributed by atoms with van der Waals surface area (Å²) in [5.74, 6) is -0.183. The van der Waals surface area contributed by atoms with E-state index < -0.39 is 0 Å². The van der Waals surface area contributed by atoms with Gasteiger partial charge in [-0.3, -0.25) is 4.79 Å². The number of rotatable bonds is 5. The average molecular weight is 266 g/mol. The van der Waals surface area contributed by atoms with Crippen LogP contribution in [0.2, 0.25) is 0 Å². The average Bonchev–Trinajstić information content (AvgIpc) is 2.52. The van der Waals surface area contributed by atoms with Gasteiger partial charge in [0.25, 0.3) is 5.91 Å². The van der Waals surface area contributed by atoms with Crippen molar-refractivity contribution in [1.82, 2.24) is 5.43 Å². The minimum absolute atomic E-state index is 0.183. The maximum absolute atomic E-state index is 11.8. The van der Waals surface area contributed by atoms with Crippen LogP contribution in [0.5, 0.6) is 0 Å². The quantitative estimate of drug-likeness (QED) is 0.647. The van der Waals surface area contributed by atoms with Crippen LogP contribution in [0, 0.1) is 0 Å². The van der Waals surface area contributed by atoms with E-state index in [2.05, 4.69) is 17.5 Å². The fourth-order valence-electron chi connectivity index (χ4n) is 1.81. The zero-order valence-electron chi connectivity index (χ0n) is 11.5. The zero-order chi connectivity index (χ0) is 14.2. The van der Waals surface area contributed by atoms with Crippen molar-refractivity contribution >= 4 is 12.1 Å². The van der Waals surface area contributed by atoms with Crippen molar-refractivity contribution in [1.29, 1.82) is 0 Å². The number of benzene rings is 2. The molecule has 2 aromatic rings. The molecule has 0 atom stereocenters. The Morgan fingerprint density at radius 3 is 2.35 bits per heavy atom. The first-order chi connectivity index (χ1) is 9.81. The number of carbonyl (C=O) groups is 1. The third-order valence-corrected chi connectivity index (χ3v) is 2.93. The molecule has 0 aromatic heterocycles. The Labute approximate surface area is 119 Å². The van der Waals surface area contributed by atoms with Gasteiger partial charge in [-0.25, -0.2) is 5.43 Å². The van der Waals surface area contributed by atoms with E-state index >= 15 is 0 Å². The molecule has 0 radical (unpaired) electrons. The molecule has 0 spiro atoms. The third kappa shape index (κ3) is 3.79. The summed E-state index contributed by atoms with van der Waals surface area (Å²) < 4.78 is 0. The van der Waals surface area contributed by atoms with Crippen molar-refractivity contribution in [3.63, 3.8) is 0 Å². The first kappa shape index (κ1) is 14.0. The van der Waals surface area contributed by atoms with E-state index in [9.17, 15) is 4.79 Å². The Morgan fingerprint density at radius 1 is 1.05 bits per heavy atom. The van der Waals surface area contributed by atoms with Crippen molar-refractivity contribution < 1.29 is 4.79 Å². The fraction of sp³-hybridized carbons (Fsp3) is 0.176. The highest BCUT2D eigenvalue weighted by molar-refractivity contribution is 5.94. The Kier molecular flexibility index (Phi) is 5.07. The highest BCUT2D eigenvalue weighted by Crippen LogP contribution is 2.19. The summed E-state index contributed by atoms with van der Waals surface area (Å²) in [6.45, 7) is 2.07. The third-order valence-electron chi connectivity index (χ3n) is 2.93. The molecule has 20 heavy (non-hydrogen) atoms. The first-order valence-corrected chi connectivity index (χ1v) is 6.78. The number of nitrogens with zero attached hydrogens (tertiary/aromatic N) is 1. The van der Waals surface area contributed by atoms with Gasteiger partial charge >= 0.3 is 0 Å². The molecule has 2 rings (SSSR count). The maximum Gasteiger partial charge on any atom is 0.271 e. The van der Waals surface area contributed by atoms with Crippen molar-refractivity contribution in [2.45, 2.75) is 19.8 Å². The van der Waals surface area contributed by atoms with E-state index in [1.54, 1.807) is 6.21 Å². The Balaban J connectivity index is 2.03. The summed E-state index contributed by atoms with van der Waals surface area (Å²) in [5, 5.41) is 3.89. The number of hydrogen-bond acceptors (Lipinski definition) is 2. The lowest BCUT2D eigenvalue weighted by Gasteiger charge is -2.03. The molecule has 3 nitrogen and oxygen atoms in total. The van der Waals surface area contributed by atoms with Crippen LogP contribution in [0.3, 0.4) is 0 Å². The molecule has 0 aliphatic carbocycles. The van der Waals surface area contributed by atoms with E-state index in [0.29, 0.717) is 5.56 Å². The van der Waals surface area contributed by atoms with Gasteiger partial charge in [0, 0.05) is 11.8 Å². The molecular weight excluding hydrogens is 248 g/mol. The number of unbranched alkanes of at least 4 members (excludes halogenated alkanes) is 1. The van der Waals surface area contributed by atoms with Gasteiger partial charge in [-0.15, -0.1) is 0 Å². The Morgan fingerprint density at radius 2 is 1.70 bits per heavy atom. The number of hydrogen-bond donors (Lipinski definition) is 1. The maximum atomic E-state index is 11.8. The summed E-state index contributed by atoms with van der Waals surface area (Å²) in [7, 11) is 0. The van der Waals surface area contributed by atoms with Crippen molar-refractivity contribution in [2.24, 2.45) is 5.10 Å². The van der Waals surface area contributed by atoms with Gasteiger partial charge in [-0.1, -0.05) is 55.8 Å². The predicted octanol–water partition coefficient (Wildman–Crippen LogP) is 3.87. The van der Waals surface area contributed by atoms with Crippen LogP contribution in [0.1, 0.15) is 30.1 Å². The molecule has 0 bridgehead atoms. The van der Waals surface area contributed by atoms with Gasteiger partial charge in [0.15, 0.2) is 0 Å². The molecule has 102 valence electrons. The lowest BCUT2D eigenvalue weighted by Crippen LogP contribution is -2.17. The van der Waals surface area contributed by atoms with E-state index in [0.717, 1.165) is 24.0 Å². The molecule has 1 amide bonds. The summed E-state index contributed by atoms with van der Waals surface area (Å²) in [4.78, 5) is 11.8. The first-order valence-electron chi connectivity index (χ1n) is 6.78. The van der Waals surface area contributed by atoms with Crippen LogP contribution < -0.4 is 5.43 Å². The van der Waals surface area contributed by atoms with E-state index in [4.69, 9.17) is 0 Å². The second-order valence-corrected chi connectivity index (χ2v) is 4.48. The molecule has 0 saturated heterocycles. The number of carbonyl (C=O) groups excluding carboxylic acids is 1. The molecule has 0 heterocycles. The van der Waals surface area contributed by atoms with Gasteiger partial charge < -0.3 is 0 Å². The normalized spacial score (nSPS) is 10.7. The molecule has 0 aliphatic rings. The summed E-state index contributed by atoms with van der Waals surface area (Å²) in [5.41, 5.74) is 5.37. The Hall–Kier alpha value is -2.42. The van der Waals surface area contributed by atoms with Gasteiger partial charge in [-0.05, 0) is 29.7 Å². The van der Waals surface area contributed by atoms with Crippen LogP contribution in [0.15, 0.2) is 59.7 Å². The monoisotopic (exact) mass is 266 g/mol. The smallest absolute Gasteiger partial charge is 0.267 e. The molecule has 0 fully saturated rings. The topological polar surface area (TPSA) is 41.5 Å². The van der Waals surface area contributed by atoms with E-state index in [1.807, 2.05) is 54.6 Å². The molecule has 0 unspecified atom stereocenters. The number of amides is 1. The molecular formula is C17H18N2O. The van der Waals surface area contributed by atoms with E-state index in [-0.39, 0.29) is 5.91 Å². The standard InChI is InChI=1S/C17H18N2O/c1-2-3-13-18-19-17(20)16-11-9-15(10-12-16)14-7-5-4-6-8-14/h4-13H,2-3H2,1H3,(H,19,20). The van der Waals surface area contributed by atoms with Gasteiger partial charge in [0.2, 0.25) is 0 Å². The molecule has 1 N–H and O–H groups in total. The van der Waals surface area contributed by atoms with Crippen molar-refractivity contribution in [3.05, 3.63) is 60.2 Å². The van der Waals surface area contributed by atoms with Crippen LogP contribution in [-0.2, 0) is 0 Å². The van der Waals surface area contributed by atoms with Gasteiger partial charge in [0.1, 0.15) is 0 Å². The minimum atomic E-state index is -0.183. The highest BCUT2D eigenvalue weighted by Gasteiger charge is 2.04. The highest BCUT2D eigenvalue weighted by atomic mass is 16.2. The van der Waals surface area contributed by atoms with Crippen LogP contribution in [0.25, 0.3) is 11.1 Å². The fourth-order valence-corrected chi connectivity index (χ4v) is 1.81. The molecule has 0 aliphatic heterocycles. The number of hydrazone groups is 1. The largest absolute Gasteiger partial charge is 0.271 e. The van der Waals surface area contributed by atoms with E-state index in [1.165, 1.54) is 0 Å². The Bertz CT molecular complexity index is 574. The SMILES string of the molecule is CCCC=NNC(=O)c1ccc(-c2ccccc2)cc1. The molecule has 0 saturated carbocycles. The van der Waals surface area contributed by atoms with Crippen LogP contribution >= 0.6 is 0 Å². The number of nitrogens with one attached hydrogen (secondary N) is 1. The summed E-state index contributed by atoms with van der Waals surface area (Å²) >= 11 is 0. The van der Waals surface area contributed by atoms with Crippen molar-refractivity contribution in [3.8, 4) is 11.1 Å². The lowest BCUT2D eigenvalue weighted by atomic mass is 10.0. The van der Waals surface area contributed by atoms with Crippen LogP contribution in [-0.4, -0.2) is 12.1 Å². The zero-order valence-corrected chi connectivity index (χ0v) is 11.5. The summed E-state index contributed by atoms with van der Waals surface area (Å²) in [6, 6.07) is 17.6. The second kappa shape index (κ2) is 7.24. The minimum Gasteiger partial charge on any atom is -0.267 e. The second-order valence-electron chi connectivity index (χ2n) is 4.48. The van der Waals surface area contributed by atoms with Crippen LogP contribution in [0.4, 0.5) is 0 Å². The van der Waals surface area contributed by atoms with Gasteiger partial charge in [0.05, 0.1) is 0 Å². The van der Waals surface area contributed by atoms with Crippen molar-refractivity contribution in [2.75, 3.05) is 0 Å². The van der Waals surface area contributed by atoms with Gasteiger partial charge in [-0.2, -0.15) is 5.10 Å². The predicted molar refractivity (Wildman–Crippen MR) is 82.7 cm³/mol.